The molecule has 0 radical (unpaired) electrons. The van der Waals surface area contributed by atoms with E-state index in [-0.39, 0.29) is 6.42 Å². The molecule has 3 nitrogen and oxygen atoms in total. The van der Waals surface area contributed by atoms with E-state index in [2.05, 4.69) is 35.4 Å². The molecule has 0 saturated carbocycles. The molecule has 2 rings (SSSR count). The van der Waals surface area contributed by atoms with Crippen molar-refractivity contribution in [3.63, 3.8) is 0 Å². The van der Waals surface area contributed by atoms with Crippen molar-refractivity contribution in [2.24, 2.45) is 0 Å². The summed E-state index contributed by atoms with van der Waals surface area (Å²) in [6.45, 7) is 1.22. The van der Waals surface area contributed by atoms with Crippen molar-refractivity contribution in [2.45, 2.75) is 17.9 Å². The van der Waals surface area contributed by atoms with E-state index in [4.69, 9.17) is 5.11 Å². The highest BCUT2D eigenvalue weighted by atomic mass is 32.2. The molecule has 1 N–H and O–H groups in total. The Bertz CT molecular complexity index is 569. The maximum atomic E-state index is 10.8. The van der Waals surface area contributed by atoms with Crippen LogP contribution in [-0.4, -0.2) is 23.9 Å². The number of para-hydroxylation sites is 1. The van der Waals surface area contributed by atoms with Gasteiger partial charge in [0.05, 0.1) is 6.42 Å². The molecule has 4 heteroatoms. The van der Waals surface area contributed by atoms with Gasteiger partial charge in [-0.25, -0.2) is 0 Å². The third kappa shape index (κ3) is 4.83. The van der Waals surface area contributed by atoms with Gasteiger partial charge in [-0.05, 0) is 36.1 Å². The zero-order valence-corrected chi connectivity index (χ0v) is 12.8. The highest BCUT2D eigenvalue weighted by molar-refractivity contribution is 7.98. The van der Waals surface area contributed by atoms with E-state index in [0.717, 1.165) is 5.69 Å². The van der Waals surface area contributed by atoms with Gasteiger partial charge in [-0.15, -0.1) is 11.8 Å². The van der Waals surface area contributed by atoms with Gasteiger partial charge in [-0.3, -0.25) is 4.79 Å². The van der Waals surface area contributed by atoms with E-state index in [9.17, 15) is 4.79 Å². The van der Waals surface area contributed by atoms with Gasteiger partial charge < -0.3 is 10.0 Å². The van der Waals surface area contributed by atoms with Crippen LogP contribution >= 0.6 is 11.8 Å². The van der Waals surface area contributed by atoms with Crippen molar-refractivity contribution in [1.82, 2.24) is 0 Å². The van der Waals surface area contributed by atoms with E-state index in [1.165, 1.54) is 10.5 Å². The number of thioether (sulfide) groups is 1. The molecule has 2 aromatic carbocycles. The Labute approximate surface area is 129 Å². The van der Waals surface area contributed by atoms with Gasteiger partial charge in [0.2, 0.25) is 0 Å². The second-order valence-electron chi connectivity index (χ2n) is 4.75. The predicted octanol–water partition coefficient (Wildman–Crippen LogP) is 3.89. The number of benzene rings is 2. The van der Waals surface area contributed by atoms with Crippen LogP contribution in [0.4, 0.5) is 5.69 Å². The minimum Gasteiger partial charge on any atom is -0.481 e. The molecule has 0 fully saturated rings. The van der Waals surface area contributed by atoms with Crippen LogP contribution in [0.3, 0.4) is 0 Å². The standard InChI is InChI=1S/C17H19NO2S/c1-21-16-9-7-14(8-10-16)13-18(12-11-17(19)20)15-5-3-2-4-6-15/h2-10H,11-13H2,1H3,(H,19,20). The Hall–Kier alpha value is -1.94. The third-order valence-corrected chi connectivity index (χ3v) is 3.99. The molecule has 0 heterocycles. The fraction of sp³-hybridized carbons (Fsp3) is 0.235. The number of carboxylic acids is 1. The maximum absolute atomic E-state index is 10.8. The van der Waals surface area contributed by atoms with Crippen LogP contribution in [0.15, 0.2) is 59.5 Å². The summed E-state index contributed by atoms with van der Waals surface area (Å²) >= 11 is 1.72. The molecule has 0 unspecified atom stereocenters. The second kappa shape index (κ2) is 7.74. The maximum Gasteiger partial charge on any atom is 0.305 e. The first-order valence-electron chi connectivity index (χ1n) is 6.84. The number of carbonyl (C=O) groups is 1. The molecule has 0 aliphatic carbocycles. The van der Waals surface area contributed by atoms with Crippen LogP contribution in [0.2, 0.25) is 0 Å². The molecule has 0 saturated heterocycles. The SMILES string of the molecule is CSc1ccc(CN(CCC(=O)O)c2ccccc2)cc1. The van der Waals surface area contributed by atoms with Gasteiger partial charge in [0.15, 0.2) is 0 Å². The number of rotatable bonds is 7. The summed E-state index contributed by atoms with van der Waals surface area (Å²) in [4.78, 5) is 14.2. The van der Waals surface area contributed by atoms with Gasteiger partial charge in [0.1, 0.15) is 0 Å². The first kappa shape index (κ1) is 15.4. The van der Waals surface area contributed by atoms with Crippen LogP contribution in [0.1, 0.15) is 12.0 Å². The molecular formula is C17H19NO2S. The zero-order chi connectivity index (χ0) is 15.1. The monoisotopic (exact) mass is 301 g/mol. The summed E-state index contributed by atoms with van der Waals surface area (Å²) in [5.41, 5.74) is 2.23. The number of carboxylic acid groups (broad SMARTS) is 1. The number of hydrogen-bond acceptors (Lipinski definition) is 3. The number of anilines is 1. The summed E-state index contributed by atoms with van der Waals surface area (Å²) in [5, 5.41) is 8.91. The van der Waals surface area contributed by atoms with Crippen LogP contribution in [0.5, 0.6) is 0 Å². The molecule has 0 spiro atoms. The van der Waals surface area contributed by atoms with E-state index < -0.39 is 5.97 Å². The molecule has 0 bridgehead atoms. The van der Waals surface area contributed by atoms with E-state index in [0.29, 0.717) is 13.1 Å². The van der Waals surface area contributed by atoms with Crippen molar-refractivity contribution in [2.75, 3.05) is 17.7 Å². The van der Waals surface area contributed by atoms with E-state index in [1.54, 1.807) is 11.8 Å². The quantitative estimate of drug-likeness (QED) is 0.788. The lowest BCUT2D eigenvalue weighted by molar-refractivity contribution is -0.136. The summed E-state index contributed by atoms with van der Waals surface area (Å²) < 4.78 is 0. The minimum atomic E-state index is -0.770. The van der Waals surface area contributed by atoms with Crippen molar-refractivity contribution < 1.29 is 9.90 Å². The molecule has 110 valence electrons. The highest BCUT2D eigenvalue weighted by Crippen LogP contribution is 2.19. The average Bonchev–Trinajstić information content (AvgIpc) is 2.52. The van der Waals surface area contributed by atoms with Crippen molar-refractivity contribution in [3.05, 3.63) is 60.2 Å². The zero-order valence-electron chi connectivity index (χ0n) is 12.0. The Morgan fingerprint density at radius 1 is 1.10 bits per heavy atom. The van der Waals surface area contributed by atoms with Gasteiger partial charge >= 0.3 is 5.97 Å². The summed E-state index contributed by atoms with van der Waals surface area (Å²) in [5.74, 6) is -0.770. The molecule has 0 aromatic heterocycles. The second-order valence-corrected chi connectivity index (χ2v) is 5.63. The van der Waals surface area contributed by atoms with Gasteiger partial charge in [-0.1, -0.05) is 30.3 Å². The van der Waals surface area contributed by atoms with Crippen LogP contribution < -0.4 is 4.90 Å². The molecule has 0 amide bonds. The van der Waals surface area contributed by atoms with Crippen molar-refractivity contribution >= 4 is 23.4 Å². The normalized spacial score (nSPS) is 10.3. The minimum absolute atomic E-state index is 0.137. The van der Waals surface area contributed by atoms with E-state index >= 15 is 0 Å². The molecule has 2 aromatic rings. The Morgan fingerprint density at radius 2 is 1.76 bits per heavy atom. The highest BCUT2D eigenvalue weighted by Gasteiger charge is 2.09. The summed E-state index contributed by atoms with van der Waals surface area (Å²) in [6.07, 6.45) is 2.19. The van der Waals surface area contributed by atoms with Crippen LogP contribution in [-0.2, 0) is 11.3 Å². The van der Waals surface area contributed by atoms with E-state index in [1.807, 2.05) is 30.3 Å². The van der Waals surface area contributed by atoms with Gasteiger partial charge in [-0.2, -0.15) is 0 Å². The number of hydrogen-bond donors (Lipinski definition) is 1. The average molecular weight is 301 g/mol. The fourth-order valence-electron chi connectivity index (χ4n) is 2.12. The smallest absolute Gasteiger partial charge is 0.305 e. The molecule has 0 atom stereocenters. The topological polar surface area (TPSA) is 40.5 Å². The molecule has 0 aliphatic rings. The van der Waals surface area contributed by atoms with Crippen LogP contribution in [0.25, 0.3) is 0 Å². The van der Waals surface area contributed by atoms with Crippen LogP contribution in [0, 0.1) is 0 Å². The first-order valence-corrected chi connectivity index (χ1v) is 8.06. The summed E-state index contributed by atoms with van der Waals surface area (Å²) in [6, 6.07) is 18.3. The lowest BCUT2D eigenvalue weighted by Crippen LogP contribution is -2.25. The summed E-state index contributed by atoms with van der Waals surface area (Å²) in [7, 11) is 0. The number of aliphatic carboxylic acids is 1. The lowest BCUT2D eigenvalue weighted by atomic mass is 10.2. The van der Waals surface area contributed by atoms with Crippen molar-refractivity contribution in [3.8, 4) is 0 Å². The lowest BCUT2D eigenvalue weighted by Gasteiger charge is -2.24. The fourth-order valence-corrected chi connectivity index (χ4v) is 2.53. The largest absolute Gasteiger partial charge is 0.481 e. The predicted molar refractivity (Wildman–Crippen MR) is 88.0 cm³/mol. The number of nitrogens with zero attached hydrogens (tertiary/aromatic N) is 1. The third-order valence-electron chi connectivity index (χ3n) is 3.25. The Balaban J connectivity index is 2.12. The molecular weight excluding hydrogens is 282 g/mol. The first-order chi connectivity index (χ1) is 10.2. The molecule has 0 aliphatic heterocycles. The Kier molecular flexibility index (Phi) is 5.69. The van der Waals surface area contributed by atoms with Gasteiger partial charge in [0, 0.05) is 23.7 Å². The van der Waals surface area contributed by atoms with Gasteiger partial charge in [0.25, 0.3) is 0 Å². The van der Waals surface area contributed by atoms with Crippen molar-refractivity contribution in [1.29, 1.82) is 0 Å². The molecule has 21 heavy (non-hydrogen) atoms. The Morgan fingerprint density at radius 3 is 2.33 bits per heavy atom.